The van der Waals surface area contributed by atoms with Crippen molar-refractivity contribution in [1.82, 2.24) is 0 Å². The van der Waals surface area contributed by atoms with Gasteiger partial charge in [0.25, 0.3) is 0 Å². The Balaban J connectivity index is 1.99. The summed E-state index contributed by atoms with van der Waals surface area (Å²) < 4.78 is 10.7. The van der Waals surface area contributed by atoms with E-state index in [0.29, 0.717) is 24.6 Å². The molecular weight excluding hydrogens is 224 g/mol. The number of ether oxygens (including phenoxy) is 2. The molecule has 0 bridgehead atoms. The first kappa shape index (κ1) is 11.5. The van der Waals surface area contributed by atoms with Gasteiger partial charge >= 0.3 is 5.97 Å². The summed E-state index contributed by atoms with van der Waals surface area (Å²) in [5.74, 6) is -0.295. The van der Waals surface area contributed by atoms with E-state index in [9.17, 15) is 4.79 Å². The molecule has 1 aliphatic rings. The number of aliphatic carboxylic acids is 1. The predicted octanol–water partition coefficient (Wildman–Crippen LogP) is 0.543. The summed E-state index contributed by atoms with van der Waals surface area (Å²) in [4.78, 5) is 10.4. The topological polar surface area (TPSA) is 93.8 Å². The quantitative estimate of drug-likeness (QED) is 0.665. The minimum absolute atomic E-state index is 0.292. The van der Waals surface area contributed by atoms with Crippen LogP contribution in [-0.2, 0) is 9.53 Å². The fourth-order valence-corrected chi connectivity index (χ4v) is 1.57. The lowest BCUT2D eigenvalue weighted by atomic mass is 10.2. The summed E-state index contributed by atoms with van der Waals surface area (Å²) >= 11 is 0. The average Bonchev–Trinajstić information content (AvgIpc) is 2.48. The summed E-state index contributed by atoms with van der Waals surface area (Å²) in [6.07, 6.45) is -0.292. The Kier molecular flexibility index (Phi) is 3.34. The Morgan fingerprint density at radius 3 is 3.24 bits per heavy atom. The molecule has 0 saturated carbocycles. The molecule has 6 nitrogen and oxygen atoms in total. The summed E-state index contributed by atoms with van der Waals surface area (Å²) in [7, 11) is 0. The number of rotatable bonds is 3. The number of hydrogen-bond donors (Lipinski definition) is 3. The maximum absolute atomic E-state index is 10.4. The summed E-state index contributed by atoms with van der Waals surface area (Å²) in [6.45, 7) is 0.481. The van der Waals surface area contributed by atoms with Crippen LogP contribution < -0.4 is 15.8 Å². The lowest BCUT2D eigenvalue weighted by Crippen LogP contribution is -2.29. The van der Waals surface area contributed by atoms with E-state index in [1.165, 1.54) is 0 Å². The normalized spacial score (nSPS) is 18.5. The van der Waals surface area contributed by atoms with Crippen molar-refractivity contribution < 1.29 is 19.4 Å². The molecule has 1 unspecified atom stereocenters. The molecule has 4 N–H and O–H groups in total. The molecule has 0 aromatic heterocycles. The first-order valence-corrected chi connectivity index (χ1v) is 5.25. The molecule has 1 aliphatic heterocycles. The van der Waals surface area contributed by atoms with Crippen LogP contribution in [-0.4, -0.2) is 36.9 Å². The SMILES string of the molecule is Nc1ccc2c(c1)NCC(OCC(=O)O)CO2. The van der Waals surface area contributed by atoms with Crippen molar-refractivity contribution in [3.63, 3.8) is 0 Å². The maximum atomic E-state index is 10.4. The van der Waals surface area contributed by atoms with Crippen molar-refractivity contribution in [2.75, 3.05) is 30.8 Å². The van der Waals surface area contributed by atoms with Gasteiger partial charge in [-0.05, 0) is 18.2 Å². The first-order valence-electron chi connectivity index (χ1n) is 5.25. The lowest BCUT2D eigenvalue weighted by molar-refractivity contribution is -0.144. The number of benzene rings is 1. The number of carboxylic acids is 1. The molecule has 1 aromatic carbocycles. The van der Waals surface area contributed by atoms with E-state index in [2.05, 4.69) is 5.32 Å². The highest BCUT2D eigenvalue weighted by Gasteiger charge is 2.18. The fraction of sp³-hybridized carbons (Fsp3) is 0.364. The monoisotopic (exact) mass is 238 g/mol. The molecule has 6 heteroatoms. The summed E-state index contributed by atoms with van der Waals surface area (Å²) in [5, 5.41) is 11.6. The van der Waals surface area contributed by atoms with Crippen LogP contribution in [0.4, 0.5) is 11.4 Å². The van der Waals surface area contributed by atoms with Crippen molar-refractivity contribution in [2.24, 2.45) is 0 Å². The standard InChI is InChI=1S/C11H14N2O4/c12-7-1-2-10-9(3-7)13-4-8(5-17-10)16-6-11(14)15/h1-3,8,13H,4-6,12H2,(H,14,15). The molecule has 2 rings (SSSR count). The third kappa shape index (κ3) is 3.01. The highest BCUT2D eigenvalue weighted by Crippen LogP contribution is 2.28. The van der Waals surface area contributed by atoms with Gasteiger partial charge in [-0.3, -0.25) is 0 Å². The second-order valence-corrected chi connectivity index (χ2v) is 3.77. The van der Waals surface area contributed by atoms with Crippen molar-refractivity contribution in [2.45, 2.75) is 6.10 Å². The third-order valence-corrected chi connectivity index (χ3v) is 2.39. The summed E-state index contributed by atoms with van der Waals surface area (Å²) in [5.41, 5.74) is 7.10. The fourth-order valence-electron chi connectivity index (χ4n) is 1.57. The van der Waals surface area contributed by atoms with Crippen LogP contribution >= 0.6 is 0 Å². The number of hydrogen-bond acceptors (Lipinski definition) is 5. The van der Waals surface area contributed by atoms with Gasteiger partial charge in [-0.1, -0.05) is 0 Å². The Labute approximate surface area is 98.3 Å². The van der Waals surface area contributed by atoms with Crippen LogP contribution in [0.25, 0.3) is 0 Å². The van der Waals surface area contributed by atoms with Gasteiger partial charge in [-0.2, -0.15) is 0 Å². The molecule has 0 fully saturated rings. The molecule has 1 atom stereocenters. The highest BCUT2D eigenvalue weighted by atomic mass is 16.5. The zero-order valence-electron chi connectivity index (χ0n) is 9.18. The zero-order chi connectivity index (χ0) is 12.3. The molecule has 0 amide bonds. The number of nitrogens with one attached hydrogen (secondary N) is 1. The van der Waals surface area contributed by atoms with Crippen LogP contribution in [0.3, 0.4) is 0 Å². The van der Waals surface area contributed by atoms with Crippen molar-refractivity contribution in [3.8, 4) is 5.75 Å². The Morgan fingerprint density at radius 1 is 1.65 bits per heavy atom. The van der Waals surface area contributed by atoms with Crippen molar-refractivity contribution in [1.29, 1.82) is 0 Å². The molecule has 1 aromatic rings. The number of nitrogens with two attached hydrogens (primary N) is 1. The van der Waals surface area contributed by atoms with Gasteiger partial charge in [0, 0.05) is 12.2 Å². The summed E-state index contributed by atoms with van der Waals surface area (Å²) in [6, 6.07) is 5.30. The molecule has 1 heterocycles. The third-order valence-electron chi connectivity index (χ3n) is 2.39. The smallest absolute Gasteiger partial charge is 0.329 e. The largest absolute Gasteiger partial charge is 0.489 e. The van der Waals surface area contributed by atoms with Crippen LogP contribution in [0.1, 0.15) is 0 Å². The zero-order valence-corrected chi connectivity index (χ0v) is 9.18. The van der Waals surface area contributed by atoms with E-state index in [-0.39, 0.29) is 12.7 Å². The number of carbonyl (C=O) groups is 1. The second kappa shape index (κ2) is 4.92. The van der Waals surface area contributed by atoms with E-state index < -0.39 is 5.97 Å². The number of nitrogen functional groups attached to an aromatic ring is 1. The van der Waals surface area contributed by atoms with Gasteiger partial charge in [-0.25, -0.2) is 4.79 Å². The Hall–Kier alpha value is -1.95. The Morgan fingerprint density at radius 2 is 2.47 bits per heavy atom. The number of anilines is 2. The van der Waals surface area contributed by atoms with Gasteiger partial charge in [0.2, 0.25) is 0 Å². The lowest BCUT2D eigenvalue weighted by Gasteiger charge is -2.13. The van der Waals surface area contributed by atoms with Crippen LogP contribution in [0.2, 0.25) is 0 Å². The van der Waals surface area contributed by atoms with Crippen molar-refractivity contribution in [3.05, 3.63) is 18.2 Å². The van der Waals surface area contributed by atoms with Gasteiger partial charge in [0.05, 0.1) is 5.69 Å². The molecular formula is C11H14N2O4. The molecule has 92 valence electrons. The van der Waals surface area contributed by atoms with Crippen LogP contribution in [0, 0.1) is 0 Å². The van der Waals surface area contributed by atoms with Crippen LogP contribution in [0.15, 0.2) is 18.2 Å². The minimum atomic E-state index is -0.990. The van der Waals surface area contributed by atoms with Gasteiger partial charge in [0.15, 0.2) is 0 Å². The number of carboxylic acid groups (broad SMARTS) is 1. The van der Waals surface area contributed by atoms with Crippen LogP contribution in [0.5, 0.6) is 5.75 Å². The van der Waals surface area contributed by atoms with Gasteiger partial charge in [-0.15, -0.1) is 0 Å². The Bertz CT molecular complexity index is 422. The average molecular weight is 238 g/mol. The van der Waals surface area contributed by atoms with Gasteiger partial charge < -0.3 is 25.6 Å². The second-order valence-electron chi connectivity index (χ2n) is 3.77. The minimum Gasteiger partial charge on any atom is -0.489 e. The van der Waals surface area contributed by atoms with E-state index in [1.54, 1.807) is 18.2 Å². The molecule has 0 aliphatic carbocycles. The van der Waals surface area contributed by atoms with E-state index in [0.717, 1.165) is 5.69 Å². The maximum Gasteiger partial charge on any atom is 0.329 e. The molecule has 0 radical (unpaired) electrons. The molecule has 0 saturated heterocycles. The molecule has 0 spiro atoms. The van der Waals surface area contributed by atoms with E-state index in [1.807, 2.05) is 0 Å². The van der Waals surface area contributed by atoms with Gasteiger partial charge in [0.1, 0.15) is 25.1 Å². The first-order chi connectivity index (χ1) is 8.15. The molecule has 17 heavy (non-hydrogen) atoms. The predicted molar refractivity (Wildman–Crippen MR) is 62.2 cm³/mol. The van der Waals surface area contributed by atoms with E-state index >= 15 is 0 Å². The van der Waals surface area contributed by atoms with Crippen molar-refractivity contribution >= 4 is 17.3 Å². The number of fused-ring (bicyclic) bond motifs is 1. The highest BCUT2D eigenvalue weighted by molar-refractivity contribution is 5.68. The van der Waals surface area contributed by atoms with E-state index in [4.69, 9.17) is 20.3 Å².